The number of nitrogens with zero attached hydrogens (tertiary/aromatic N) is 2. The highest BCUT2D eigenvalue weighted by molar-refractivity contribution is 5.77. The van der Waals surface area contributed by atoms with E-state index in [1.807, 2.05) is 0 Å². The van der Waals surface area contributed by atoms with Gasteiger partial charge in [0.15, 0.2) is 6.10 Å². The number of rotatable bonds is 4. The lowest BCUT2D eigenvalue weighted by atomic mass is 9.84. The van der Waals surface area contributed by atoms with Crippen LogP contribution in [0.4, 0.5) is 31.1 Å². The van der Waals surface area contributed by atoms with Crippen LogP contribution in [-0.4, -0.2) is 64.4 Å². The summed E-state index contributed by atoms with van der Waals surface area (Å²) >= 11 is 0. The Labute approximate surface area is 216 Å². The number of piperidine rings is 1. The molecule has 2 saturated heterocycles. The number of carboxylic acids is 1. The molecule has 0 bridgehead atoms. The molecule has 1 N–H and O–H groups in total. The molecule has 1 spiro atoms. The number of amides is 1. The molecule has 0 saturated carbocycles. The zero-order valence-electron chi connectivity index (χ0n) is 21.3. The Morgan fingerprint density at radius 2 is 1.71 bits per heavy atom. The van der Waals surface area contributed by atoms with Crippen molar-refractivity contribution >= 4 is 12.1 Å². The minimum absolute atomic E-state index is 0.0818. The molecule has 1 aromatic carbocycles. The monoisotopic (exact) mass is 548 g/mol. The highest BCUT2D eigenvalue weighted by atomic mass is 19.4. The Morgan fingerprint density at radius 3 is 2.26 bits per heavy atom. The number of aliphatic carboxylic acids is 1. The fourth-order valence-electron chi connectivity index (χ4n) is 4.70. The average molecular weight is 549 g/mol. The number of carbonyl (C=O) groups is 2. The first kappa shape index (κ1) is 29.6. The Morgan fingerprint density at radius 1 is 1.08 bits per heavy atom. The van der Waals surface area contributed by atoms with Gasteiger partial charge >= 0.3 is 24.4 Å². The van der Waals surface area contributed by atoms with Crippen LogP contribution in [0.15, 0.2) is 18.2 Å². The Hall–Kier alpha value is -2.94. The number of likely N-dealkylation sites (tertiary alicyclic amines) is 2. The number of carboxylic acid groups (broad SMARTS) is 1. The summed E-state index contributed by atoms with van der Waals surface area (Å²) in [5.41, 5.74) is -2.15. The molecule has 210 valence electrons. The van der Waals surface area contributed by atoms with E-state index in [-0.39, 0.29) is 30.7 Å². The van der Waals surface area contributed by atoms with Gasteiger partial charge in [-0.2, -0.15) is 26.3 Å². The van der Waals surface area contributed by atoms with Crippen molar-refractivity contribution in [1.82, 2.24) is 9.80 Å². The number of halogens is 6. The molecule has 0 aromatic heterocycles. The number of carbonyl (C=O) groups excluding carboxylic acids is 1. The molecule has 1 amide bonds. The summed E-state index contributed by atoms with van der Waals surface area (Å²) in [6, 6.07) is 3.23. The van der Waals surface area contributed by atoms with Crippen LogP contribution in [-0.2, 0) is 22.3 Å². The van der Waals surface area contributed by atoms with Crippen LogP contribution in [0.3, 0.4) is 0 Å². The second-order valence-corrected chi connectivity index (χ2v) is 10.4. The van der Waals surface area contributed by atoms with Crippen molar-refractivity contribution in [1.29, 1.82) is 0 Å². The fourth-order valence-corrected chi connectivity index (χ4v) is 4.70. The maximum absolute atomic E-state index is 13.4. The molecule has 1 unspecified atom stereocenters. The summed E-state index contributed by atoms with van der Waals surface area (Å²) in [6.45, 7) is 4.76. The maximum Gasteiger partial charge on any atom is 0.425 e. The van der Waals surface area contributed by atoms with Crippen molar-refractivity contribution in [2.75, 3.05) is 19.6 Å². The Balaban J connectivity index is 1.79. The molecule has 12 heteroatoms. The van der Waals surface area contributed by atoms with Gasteiger partial charge in [0.05, 0.1) is 5.56 Å². The zero-order chi connectivity index (χ0) is 28.5. The molecule has 1 atom stereocenters. The van der Waals surface area contributed by atoms with Gasteiger partial charge in [-0.3, -0.25) is 9.69 Å². The molecule has 2 aliphatic rings. The molecule has 6 nitrogen and oxygen atoms in total. The van der Waals surface area contributed by atoms with Crippen LogP contribution < -0.4 is 0 Å². The minimum Gasteiger partial charge on any atom is -0.480 e. The van der Waals surface area contributed by atoms with Crippen molar-refractivity contribution in [2.45, 2.75) is 77.0 Å². The van der Waals surface area contributed by atoms with E-state index in [2.05, 4.69) is 21.5 Å². The molecule has 0 aliphatic carbocycles. The van der Waals surface area contributed by atoms with Crippen LogP contribution >= 0.6 is 0 Å². The SMILES string of the molecule is CC(OC(=O)N1CCC2(CCCN2Cc2ccc(C(F)(F)F)cc2C#CC(C)(C)C(=O)O)CC1)C(F)(F)F. The van der Waals surface area contributed by atoms with Gasteiger partial charge < -0.3 is 14.7 Å². The van der Waals surface area contributed by atoms with E-state index in [9.17, 15) is 41.0 Å². The van der Waals surface area contributed by atoms with Gasteiger partial charge in [-0.15, -0.1) is 0 Å². The van der Waals surface area contributed by atoms with E-state index in [4.69, 9.17) is 0 Å². The normalized spacial score (nSPS) is 19.1. The van der Waals surface area contributed by atoms with Crippen molar-refractivity contribution in [3.05, 3.63) is 34.9 Å². The lowest BCUT2D eigenvalue weighted by Crippen LogP contribution is -2.53. The number of ether oxygens (including phenoxy) is 1. The lowest BCUT2D eigenvalue weighted by molar-refractivity contribution is -0.200. The van der Waals surface area contributed by atoms with E-state index in [0.29, 0.717) is 24.9 Å². The summed E-state index contributed by atoms with van der Waals surface area (Å²) in [5.74, 6) is 4.00. The quantitative estimate of drug-likeness (QED) is 0.387. The first-order valence-corrected chi connectivity index (χ1v) is 12.2. The standard InChI is InChI=1S/C26H30F6N2O4/c1-17(25(27,28)29)38-22(37)33-13-10-24(11-14-33)8-4-12-34(24)16-19-5-6-20(26(30,31)32)15-18(19)7-9-23(2,3)21(35)36/h5-6,15,17H,4,8,10-14,16H2,1-3H3,(H,35,36). The van der Waals surface area contributed by atoms with E-state index in [1.165, 1.54) is 24.8 Å². The predicted molar refractivity (Wildman–Crippen MR) is 125 cm³/mol. The highest BCUT2D eigenvalue weighted by Crippen LogP contribution is 2.40. The largest absolute Gasteiger partial charge is 0.480 e. The van der Waals surface area contributed by atoms with E-state index >= 15 is 0 Å². The number of benzene rings is 1. The lowest BCUT2D eigenvalue weighted by Gasteiger charge is -2.45. The van der Waals surface area contributed by atoms with Gasteiger partial charge in [0.25, 0.3) is 0 Å². The van der Waals surface area contributed by atoms with Gasteiger partial charge in [0.2, 0.25) is 0 Å². The summed E-state index contributed by atoms with van der Waals surface area (Å²) in [7, 11) is 0. The zero-order valence-corrected chi connectivity index (χ0v) is 21.3. The molecular formula is C26H30F6N2O4. The summed E-state index contributed by atoms with van der Waals surface area (Å²) in [6.07, 6.45) is -10.00. The van der Waals surface area contributed by atoms with E-state index in [0.717, 1.165) is 31.9 Å². The topological polar surface area (TPSA) is 70.1 Å². The molecule has 3 rings (SSSR count). The van der Waals surface area contributed by atoms with Gasteiger partial charge in [0.1, 0.15) is 5.41 Å². The molecule has 1 aromatic rings. The van der Waals surface area contributed by atoms with Crippen LogP contribution in [0.25, 0.3) is 0 Å². The van der Waals surface area contributed by atoms with Crippen molar-refractivity contribution in [2.24, 2.45) is 5.41 Å². The van der Waals surface area contributed by atoms with Gasteiger partial charge in [-0.05, 0) is 70.7 Å². The van der Waals surface area contributed by atoms with E-state index < -0.39 is 41.5 Å². The Kier molecular flexibility index (Phi) is 8.32. The summed E-state index contributed by atoms with van der Waals surface area (Å²) in [5, 5.41) is 9.33. The third kappa shape index (κ3) is 6.73. The van der Waals surface area contributed by atoms with E-state index in [1.54, 1.807) is 0 Å². The number of alkyl halides is 6. The number of hydrogen-bond donors (Lipinski definition) is 1. The molecule has 38 heavy (non-hydrogen) atoms. The van der Waals surface area contributed by atoms with Gasteiger partial charge in [-0.1, -0.05) is 17.9 Å². The molecular weight excluding hydrogens is 518 g/mol. The second-order valence-electron chi connectivity index (χ2n) is 10.4. The van der Waals surface area contributed by atoms with Crippen molar-refractivity contribution in [3.8, 4) is 11.8 Å². The minimum atomic E-state index is -4.66. The average Bonchev–Trinajstić information content (AvgIpc) is 3.18. The maximum atomic E-state index is 13.4. The molecule has 0 radical (unpaired) electrons. The third-order valence-corrected chi connectivity index (χ3v) is 7.27. The first-order chi connectivity index (χ1) is 17.4. The van der Waals surface area contributed by atoms with Crippen LogP contribution in [0.2, 0.25) is 0 Å². The van der Waals surface area contributed by atoms with Crippen molar-refractivity contribution < 1.29 is 45.8 Å². The second kappa shape index (κ2) is 10.7. The fraction of sp³-hybridized carbons (Fsp3) is 0.615. The van der Waals surface area contributed by atoms with Crippen LogP contribution in [0.1, 0.15) is 63.1 Å². The highest BCUT2D eigenvalue weighted by Gasteiger charge is 2.45. The van der Waals surface area contributed by atoms with Crippen LogP contribution in [0.5, 0.6) is 0 Å². The van der Waals surface area contributed by atoms with Crippen LogP contribution in [0, 0.1) is 17.3 Å². The van der Waals surface area contributed by atoms with Crippen molar-refractivity contribution in [3.63, 3.8) is 0 Å². The first-order valence-electron chi connectivity index (χ1n) is 12.2. The van der Waals surface area contributed by atoms with Gasteiger partial charge in [-0.25, -0.2) is 4.79 Å². The number of hydrogen-bond acceptors (Lipinski definition) is 4. The molecule has 2 aliphatic heterocycles. The summed E-state index contributed by atoms with van der Waals surface area (Å²) < 4.78 is 83.0. The summed E-state index contributed by atoms with van der Waals surface area (Å²) in [4.78, 5) is 27.0. The smallest absolute Gasteiger partial charge is 0.425 e. The Bertz CT molecular complexity index is 1110. The predicted octanol–water partition coefficient (Wildman–Crippen LogP) is 5.69. The third-order valence-electron chi connectivity index (χ3n) is 7.27. The molecule has 2 heterocycles. The molecule has 2 fully saturated rings. The van der Waals surface area contributed by atoms with Gasteiger partial charge in [0, 0.05) is 30.7 Å².